The van der Waals surface area contributed by atoms with E-state index in [2.05, 4.69) is 6.07 Å². The molecule has 3 rings (SSSR count). The van der Waals surface area contributed by atoms with Crippen LogP contribution in [0.15, 0.2) is 59.5 Å². The molecule has 0 saturated heterocycles. The van der Waals surface area contributed by atoms with Crippen LogP contribution in [0.25, 0.3) is 0 Å². The van der Waals surface area contributed by atoms with Crippen molar-refractivity contribution in [1.29, 1.82) is 0 Å². The van der Waals surface area contributed by atoms with Crippen molar-refractivity contribution in [1.82, 2.24) is 0 Å². The minimum atomic E-state index is 0.124. The van der Waals surface area contributed by atoms with E-state index in [0.717, 1.165) is 23.7 Å². The molecule has 4 heteroatoms. The Balaban J connectivity index is 1.59. The van der Waals surface area contributed by atoms with Gasteiger partial charge in [-0.15, -0.1) is 11.8 Å². The van der Waals surface area contributed by atoms with Gasteiger partial charge in [-0.2, -0.15) is 0 Å². The first-order valence-corrected chi connectivity index (χ1v) is 8.03. The van der Waals surface area contributed by atoms with E-state index in [1.165, 1.54) is 4.90 Å². The summed E-state index contributed by atoms with van der Waals surface area (Å²) in [6, 6.07) is 17.7. The molecule has 108 valence electrons. The van der Waals surface area contributed by atoms with E-state index in [9.17, 15) is 4.79 Å². The van der Waals surface area contributed by atoms with E-state index < -0.39 is 0 Å². The van der Waals surface area contributed by atoms with Crippen molar-refractivity contribution in [3.63, 3.8) is 0 Å². The first-order chi connectivity index (χ1) is 10.3. The fourth-order valence-corrected chi connectivity index (χ4v) is 3.33. The Hall–Kier alpha value is -1.94. The number of hydrogen-bond acceptors (Lipinski definition) is 3. The van der Waals surface area contributed by atoms with E-state index >= 15 is 0 Å². The molecular formula is C17H17NO2S. The number of benzene rings is 2. The van der Waals surface area contributed by atoms with Gasteiger partial charge < -0.3 is 9.64 Å². The Bertz CT molecular complexity index is 615. The molecule has 1 amide bonds. The van der Waals surface area contributed by atoms with Crippen LogP contribution < -0.4 is 9.64 Å². The molecule has 3 nitrogen and oxygen atoms in total. The molecule has 0 aromatic heterocycles. The number of rotatable bonds is 4. The van der Waals surface area contributed by atoms with Crippen molar-refractivity contribution >= 4 is 23.4 Å². The van der Waals surface area contributed by atoms with Gasteiger partial charge in [0.05, 0.1) is 18.7 Å². The standard InChI is InChI=1S/C17H17NO2S/c19-17(10-12-20-14-6-2-1-3-7-14)18-11-13-21-16-9-5-4-8-15(16)18/h1-9H,10-13H2. The summed E-state index contributed by atoms with van der Waals surface area (Å²) in [4.78, 5) is 15.4. The van der Waals surface area contributed by atoms with Crippen molar-refractivity contribution in [3.05, 3.63) is 54.6 Å². The Morgan fingerprint density at radius 3 is 2.71 bits per heavy atom. The van der Waals surface area contributed by atoms with Crippen LogP contribution in [0.3, 0.4) is 0 Å². The predicted octanol–water partition coefficient (Wildman–Crippen LogP) is 3.59. The van der Waals surface area contributed by atoms with Crippen molar-refractivity contribution < 1.29 is 9.53 Å². The third-order valence-electron chi connectivity index (χ3n) is 3.36. The van der Waals surface area contributed by atoms with Crippen LogP contribution in [0.2, 0.25) is 0 Å². The number of thioether (sulfide) groups is 1. The lowest BCUT2D eigenvalue weighted by atomic mass is 10.2. The van der Waals surface area contributed by atoms with Gasteiger partial charge >= 0.3 is 0 Å². The topological polar surface area (TPSA) is 29.5 Å². The lowest BCUT2D eigenvalue weighted by Gasteiger charge is -2.29. The molecule has 1 aliphatic rings. The zero-order chi connectivity index (χ0) is 14.5. The van der Waals surface area contributed by atoms with Crippen LogP contribution in [0.1, 0.15) is 6.42 Å². The maximum absolute atomic E-state index is 12.4. The van der Waals surface area contributed by atoms with Gasteiger partial charge in [0.2, 0.25) is 5.91 Å². The summed E-state index contributed by atoms with van der Waals surface area (Å²) >= 11 is 1.81. The number of ether oxygens (including phenoxy) is 1. The Labute approximate surface area is 128 Å². The summed E-state index contributed by atoms with van der Waals surface area (Å²) in [5.41, 5.74) is 1.03. The lowest BCUT2D eigenvalue weighted by Crippen LogP contribution is -2.36. The minimum Gasteiger partial charge on any atom is -0.493 e. The molecule has 0 radical (unpaired) electrons. The second kappa shape index (κ2) is 6.68. The summed E-state index contributed by atoms with van der Waals surface area (Å²) in [7, 11) is 0. The average Bonchev–Trinajstić information content (AvgIpc) is 2.55. The van der Waals surface area contributed by atoms with Gasteiger partial charge in [0, 0.05) is 17.2 Å². The van der Waals surface area contributed by atoms with E-state index in [4.69, 9.17) is 4.74 Å². The molecular weight excluding hydrogens is 282 g/mol. The fourth-order valence-electron chi connectivity index (χ4n) is 2.34. The van der Waals surface area contributed by atoms with E-state index in [1.807, 2.05) is 53.4 Å². The second-order valence-electron chi connectivity index (χ2n) is 4.77. The van der Waals surface area contributed by atoms with E-state index in [1.54, 1.807) is 11.8 Å². The zero-order valence-corrected chi connectivity index (χ0v) is 12.5. The normalized spacial score (nSPS) is 13.6. The van der Waals surface area contributed by atoms with Crippen LogP contribution in [-0.2, 0) is 4.79 Å². The molecule has 0 atom stereocenters. The Kier molecular flexibility index (Phi) is 4.46. The number of amides is 1. The highest BCUT2D eigenvalue weighted by atomic mass is 32.2. The van der Waals surface area contributed by atoms with Gasteiger partial charge in [0.25, 0.3) is 0 Å². The first kappa shape index (κ1) is 14.0. The molecule has 0 fully saturated rings. The number of para-hydroxylation sites is 2. The van der Waals surface area contributed by atoms with Crippen molar-refractivity contribution in [2.24, 2.45) is 0 Å². The minimum absolute atomic E-state index is 0.124. The Morgan fingerprint density at radius 2 is 1.86 bits per heavy atom. The SMILES string of the molecule is O=C(CCOc1ccccc1)N1CCSc2ccccc21. The summed E-state index contributed by atoms with van der Waals surface area (Å²) < 4.78 is 5.60. The molecule has 1 aliphatic heterocycles. The largest absolute Gasteiger partial charge is 0.493 e. The molecule has 0 unspecified atom stereocenters. The highest BCUT2D eigenvalue weighted by molar-refractivity contribution is 7.99. The van der Waals surface area contributed by atoms with Crippen molar-refractivity contribution in [2.75, 3.05) is 23.8 Å². The molecule has 0 aliphatic carbocycles. The monoisotopic (exact) mass is 299 g/mol. The van der Waals surface area contributed by atoms with Gasteiger partial charge in [0.15, 0.2) is 0 Å². The van der Waals surface area contributed by atoms with Gasteiger partial charge in [-0.05, 0) is 24.3 Å². The number of hydrogen-bond donors (Lipinski definition) is 0. The fraction of sp³-hybridized carbons (Fsp3) is 0.235. The molecule has 1 heterocycles. The Morgan fingerprint density at radius 1 is 1.10 bits per heavy atom. The molecule has 0 saturated carbocycles. The van der Waals surface area contributed by atoms with Gasteiger partial charge in [-0.3, -0.25) is 4.79 Å². The smallest absolute Gasteiger partial charge is 0.230 e. The average molecular weight is 299 g/mol. The van der Waals surface area contributed by atoms with Crippen LogP contribution in [0.4, 0.5) is 5.69 Å². The van der Waals surface area contributed by atoms with Crippen molar-refractivity contribution in [2.45, 2.75) is 11.3 Å². The molecule has 2 aromatic rings. The van der Waals surface area contributed by atoms with E-state index in [-0.39, 0.29) is 5.91 Å². The lowest BCUT2D eigenvalue weighted by molar-refractivity contribution is -0.119. The van der Waals surface area contributed by atoms with Gasteiger partial charge in [0.1, 0.15) is 5.75 Å². The van der Waals surface area contributed by atoms with Gasteiger partial charge in [-0.1, -0.05) is 30.3 Å². The van der Waals surface area contributed by atoms with Crippen LogP contribution in [0, 0.1) is 0 Å². The third kappa shape index (κ3) is 3.39. The quantitative estimate of drug-likeness (QED) is 0.864. The zero-order valence-electron chi connectivity index (χ0n) is 11.7. The van der Waals surface area contributed by atoms with E-state index in [0.29, 0.717) is 13.0 Å². The maximum atomic E-state index is 12.4. The third-order valence-corrected chi connectivity index (χ3v) is 4.40. The molecule has 0 N–H and O–H groups in total. The predicted molar refractivity (Wildman–Crippen MR) is 86.1 cm³/mol. The number of carbonyl (C=O) groups is 1. The van der Waals surface area contributed by atoms with Crippen molar-refractivity contribution in [3.8, 4) is 5.75 Å². The summed E-state index contributed by atoms with van der Waals surface area (Å²) in [6.45, 7) is 1.18. The molecule has 21 heavy (non-hydrogen) atoms. The number of fused-ring (bicyclic) bond motifs is 1. The number of anilines is 1. The molecule has 0 spiro atoms. The summed E-state index contributed by atoms with van der Waals surface area (Å²) in [5.74, 6) is 1.88. The highest BCUT2D eigenvalue weighted by Gasteiger charge is 2.22. The maximum Gasteiger partial charge on any atom is 0.230 e. The highest BCUT2D eigenvalue weighted by Crippen LogP contribution is 2.34. The van der Waals surface area contributed by atoms with Crippen LogP contribution in [0.5, 0.6) is 5.75 Å². The molecule has 2 aromatic carbocycles. The summed E-state index contributed by atoms with van der Waals surface area (Å²) in [6.07, 6.45) is 0.397. The van der Waals surface area contributed by atoms with Crippen LogP contribution >= 0.6 is 11.8 Å². The van der Waals surface area contributed by atoms with Gasteiger partial charge in [-0.25, -0.2) is 0 Å². The number of carbonyl (C=O) groups excluding carboxylic acids is 1. The first-order valence-electron chi connectivity index (χ1n) is 7.04. The van der Waals surface area contributed by atoms with Crippen LogP contribution in [-0.4, -0.2) is 24.8 Å². The second-order valence-corrected chi connectivity index (χ2v) is 5.91. The molecule has 0 bridgehead atoms. The summed E-state index contributed by atoms with van der Waals surface area (Å²) in [5, 5.41) is 0. The number of nitrogens with zero attached hydrogens (tertiary/aromatic N) is 1.